The van der Waals surface area contributed by atoms with E-state index in [0.29, 0.717) is 16.6 Å². The number of amides is 1. The molecule has 0 aliphatic carbocycles. The predicted octanol–water partition coefficient (Wildman–Crippen LogP) is 3.19. The Hall–Kier alpha value is -1.14. The van der Waals surface area contributed by atoms with Crippen molar-refractivity contribution in [2.24, 2.45) is 0 Å². The molecule has 21 heavy (non-hydrogen) atoms. The normalized spacial score (nSPS) is 10.7. The quantitative estimate of drug-likeness (QED) is 0.552. The van der Waals surface area contributed by atoms with Crippen LogP contribution in [-0.4, -0.2) is 35.6 Å². The predicted molar refractivity (Wildman–Crippen MR) is 85.6 cm³/mol. The van der Waals surface area contributed by atoms with Crippen LogP contribution >= 0.6 is 15.9 Å². The highest BCUT2D eigenvalue weighted by molar-refractivity contribution is 9.10. The number of nitrogens with zero attached hydrogens (tertiary/aromatic N) is 1. The number of hydrogen-bond acceptors (Lipinski definition) is 3. The number of aliphatic hydroxyl groups excluding tert-OH is 1. The van der Waals surface area contributed by atoms with Gasteiger partial charge in [0, 0.05) is 17.6 Å². The smallest absolute Gasteiger partial charge is 0.255 e. The van der Waals surface area contributed by atoms with Crippen LogP contribution in [0.1, 0.15) is 43.0 Å². The molecule has 0 aliphatic rings. The number of nitrogens with two attached hydrogens (primary N) is 1. The number of rotatable bonds is 8. The van der Waals surface area contributed by atoms with E-state index >= 15 is 0 Å². The zero-order valence-corrected chi connectivity index (χ0v) is 13.8. The molecular formula is C15H22BrFN2O2. The first kappa shape index (κ1) is 17.9. The van der Waals surface area contributed by atoms with Crippen LogP contribution in [0.4, 0.5) is 10.1 Å². The Bertz CT molecular complexity index is 483. The summed E-state index contributed by atoms with van der Waals surface area (Å²) in [7, 11) is 0. The lowest BCUT2D eigenvalue weighted by Crippen LogP contribution is -2.34. The van der Waals surface area contributed by atoms with Gasteiger partial charge in [-0.05, 0) is 34.5 Å². The molecule has 0 fully saturated rings. The van der Waals surface area contributed by atoms with Gasteiger partial charge in [-0.3, -0.25) is 4.79 Å². The highest BCUT2D eigenvalue weighted by atomic mass is 79.9. The van der Waals surface area contributed by atoms with Crippen LogP contribution in [0.25, 0.3) is 0 Å². The van der Waals surface area contributed by atoms with E-state index in [0.717, 1.165) is 25.7 Å². The molecule has 0 spiro atoms. The van der Waals surface area contributed by atoms with Gasteiger partial charge in [0.15, 0.2) is 0 Å². The maximum Gasteiger partial charge on any atom is 0.255 e. The van der Waals surface area contributed by atoms with Crippen LogP contribution in [0.2, 0.25) is 0 Å². The van der Waals surface area contributed by atoms with Gasteiger partial charge in [-0.1, -0.05) is 26.2 Å². The summed E-state index contributed by atoms with van der Waals surface area (Å²) in [6.07, 6.45) is 4.16. The van der Waals surface area contributed by atoms with Gasteiger partial charge < -0.3 is 15.7 Å². The number of benzene rings is 1. The third kappa shape index (κ3) is 5.28. The number of carbonyl (C=O) groups excluding carboxylic acids is 1. The summed E-state index contributed by atoms with van der Waals surface area (Å²) in [5, 5.41) is 9.11. The van der Waals surface area contributed by atoms with Crippen LogP contribution in [0.15, 0.2) is 16.6 Å². The molecule has 3 N–H and O–H groups in total. The zero-order chi connectivity index (χ0) is 15.8. The molecule has 1 amide bonds. The number of unbranched alkanes of at least 4 members (excludes halogenated alkanes) is 3. The monoisotopic (exact) mass is 360 g/mol. The highest BCUT2D eigenvalue weighted by Gasteiger charge is 2.19. The topological polar surface area (TPSA) is 66.6 Å². The molecule has 0 saturated heterocycles. The van der Waals surface area contributed by atoms with E-state index in [-0.39, 0.29) is 24.7 Å². The van der Waals surface area contributed by atoms with Crippen LogP contribution in [0.3, 0.4) is 0 Å². The molecule has 0 saturated carbocycles. The SMILES string of the molecule is CCCCCCN(CCO)C(=O)c1cc(N)c(F)cc1Br. The third-order valence-corrected chi connectivity index (χ3v) is 3.91. The Kier molecular flexibility index (Phi) is 7.67. The Morgan fingerprint density at radius 1 is 1.33 bits per heavy atom. The molecule has 0 heterocycles. The van der Waals surface area contributed by atoms with E-state index in [4.69, 9.17) is 10.8 Å². The maximum atomic E-state index is 13.3. The summed E-state index contributed by atoms with van der Waals surface area (Å²) in [6.45, 7) is 2.85. The fraction of sp³-hybridized carbons (Fsp3) is 0.533. The molecular weight excluding hydrogens is 339 g/mol. The third-order valence-electron chi connectivity index (χ3n) is 3.26. The molecule has 0 unspecified atom stereocenters. The van der Waals surface area contributed by atoms with E-state index in [2.05, 4.69) is 22.9 Å². The summed E-state index contributed by atoms with van der Waals surface area (Å²) in [6, 6.07) is 2.52. The molecule has 0 radical (unpaired) electrons. The van der Waals surface area contributed by atoms with Crippen LogP contribution in [-0.2, 0) is 0 Å². The summed E-state index contributed by atoms with van der Waals surface area (Å²) < 4.78 is 13.7. The molecule has 118 valence electrons. The van der Waals surface area contributed by atoms with Crippen LogP contribution in [0, 0.1) is 5.82 Å². The molecule has 0 bridgehead atoms. The van der Waals surface area contributed by atoms with E-state index in [9.17, 15) is 9.18 Å². The largest absolute Gasteiger partial charge is 0.396 e. The van der Waals surface area contributed by atoms with Gasteiger partial charge in [-0.2, -0.15) is 0 Å². The highest BCUT2D eigenvalue weighted by Crippen LogP contribution is 2.24. The molecule has 0 aliphatic heterocycles. The second kappa shape index (κ2) is 9.00. The summed E-state index contributed by atoms with van der Waals surface area (Å²) in [4.78, 5) is 14.1. The molecule has 1 rings (SSSR count). The van der Waals surface area contributed by atoms with E-state index in [1.807, 2.05) is 0 Å². The Morgan fingerprint density at radius 3 is 2.67 bits per heavy atom. The number of anilines is 1. The molecule has 6 heteroatoms. The average molecular weight is 361 g/mol. The zero-order valence-electron chi connectivity index (χ0n) is 12.2. The molecule has 4 nitrogen and oxygen atoms in total. The van der Waals surface area contributed by atoms with Crippen molar-refractivity contribution >= 4 is 27.5 Å². The standard InChI is InChI=1S/C15H22BrFN2O2/c1-2-3-4-5-6-19(7-8-20)15(21)11-9-14(18)13(17)10-12(11)16/h9-10,20H,2-8,18H2,1H3. The number of hydrogen-bond donors (Lipinski definition) is 2. The lowest BCUT2D eigenvalue weighted by molar-refractivity contribution is 0.0717. The van der Waals surface area contributed by atoms with Crippen LogP contribution < -0.4 is 5.73 Å². The second-order valence-corrected chi connectivity index (χ2v) is 5.78. The van der Waals surface area contributed by atoms with Gasteiger partial charge in [0.2, 0.25) is 0 Å². The number of nitrogen functional groups attached to an aromatic ring is 1. The summed E-state index contributed by atoms with van der Waals surface area (Å²) in [5.74, 6) is -0.811. The van der Waals surface area contributed by atoms with Gasteiger partial charge in [-0.25, -0.2) is 4.39 Å². The van der Waals surface area contributed by atoms with E-state index in [1.54, 1.807) is 4.90 Å². The van der Waals surface area contributed by atoms with Gasteiger partial charge in [0.25, 0.3) is 5.91 Å². The molecule has 1 aromatic rings. The fourth-order valence-corrected chi connectivity index (χ4v) is 2.55. The lowest BCUT2D eigenvalue weighted by Gasteiger charge is -2.22. The molecule has 0 aromatic heterocycles. The second-order valence-electron chi connectivity index (χ2n) is 4.93. The minimum atomic E-state index is -0.560. The summed E-state index contributed by atoms with van der Waals surface area (Å²) in [5.41, 5.74) is 5.78. The van der Waals surface area contributed by atoms with Crippen molar-refractivity contribution in [2.45, 2.75) is 32.6 Å². The minimum Gasteiger partial charge on any atom is -0.396 e. The first-order valence-electron chi connectivity index (χ1n) is 7.15. The first-order valence-corrected chi connectivity index (χ1v) is 7.95. The number of halogens is 2. The van der Waals surface area contributed by atoms with Gasteiger partial charge in [0.1, 0.15) is 5.82 Å². The van der Waals surface area contributed by atoms with Gasteiger partial charge in [-0.15, -0.1) is 0 Å². The maximum absolute atomic E-state index is 13.3. The first-order chi connectivity index (χ1) is 10.0. The van der Waals surface area contributed by atoms with Crippen molar-refractivity contribution in [3.8, 4) is 0 Å². The van der Waals surface area contributed by atoms with E-state index < -0.39 is 5.82 Å². The van der Waals surface area contributed by atoms with Crippen molar-refractivity contribution in [3.05, 3.63) is 28.0 Å². The van der Waals surface area contributed by atoms with Crippen molar-refractivity contribution in [1.82, 2.24) is 4.90 Å². The van der Waals surface area contributed by atoms with Gasteiger partial charge in [0.05, 0.1) is 17.9 Å². The Morgan fingerprint density at radius 2 is 2.05 bits per heavy atom. The van der Waals surface area contributed by atoms with Gasteiger partial charge >= 0.3 is 0 Å². The number of aliphatic hydroxyl groups is 1. The Labute approximate surface area is 133 Å². The number of carbonyl (C=O) groups is 1. The Balaban J connectivity index is 2.82. The summed E-state index contributed by atoms with van der Waals surface area (Å²) >= 11 is 3.19. The van der Waals surface area contributed by atoms with Crippen molar-refractivity contribution < 1.29 is 14.3 Å². The molecule has 0 atom stereocenters. The van der Waals surface area contributed by atoms with Crippen molar-refractivity contribution in [2.75, 3.05) is 25.4 Å². The average Bonchev–Trinajstić information content (AvgIpc) is 2.45. The molecule has 1 aromatic carbocycles. The van der Waals surface area contributed by atoms with Crippen LogP contribution in [0.5, 0.6) is 0 Å². The minimum absolute atomic E-state index is 0.0588. The lowest BCUT2D eigenvalue weighted by atomic mass is 10.1. The van der Waals surface area contributed by atoms with Crippen molar-refractivity contribution in [1.29, 1.82) is 0 Å². The van der Waals surface area contributed by atoms with E-state index in [1.165, 1.54) is 12.1 Å². The van der Waals surface area contributed by atoms with Crippen molar-refractivity contribution in [3.63, 3.8) is 0 Å². The fourth-order valence-electron chi connectivity index (χ4n) is 2.07.